The third-order valence-corrected chi connectivity index (χ3v) is 4.43. The molecule has 4 rings (SSSR count). The van der Waals surface area contributed by atoms with Crippen molar-refractivity contribution in [2.24, 2.45) is 0 Å². The van der Waals surface area contributed by atoms with E-state index in [9.17, 15) is 9.59 Å². The monoisotopic (exact) mass is 340 g/mol. The zero-order chi connectivity index (χ0) is 16.8. The lowest BCUT2D eigenvalue weighted by Gasteiger charge is -2.17. The van der Waals surface area contributed by atoms with Crippen LogP contribution in [0.1, 0.15) is 11.1 Å². The summed E-state index contributed by atoms with van der Waals surface area (Å²) in [6.07, 6.45) is -0.928. The number of imide groups is 1. The number of benzene rings is 2. The van der Waals surface area contributed by atoms with E-state index in [-0.39, 0.29) is 11.8 Å². The van der Waals surface area contributed by atoms with Crippen LogP contribution in [0.4, 0.5) is 5.69 Å². The maximum atomic E-state index is 12.9. The van der Waals surface area contributed by atoms with Crippen LogP contribution in [-0.2, 0) is 14.4 Å². The molecule has 2 aromatic rings. The summed E-state index contributed by atoms with van der Waals surface area (Å²) < 4.78 is 0. The zero-order valence-electron chi connectivity index (χ0n) is 12.7. The van der Waals surface area contributed by atoms with Gasteiger partial charge >= 0.3 is 0 Å². The molecule has 0 aromatic heterocycles. The highest BCUT2D eigenvalue weighted by atomic mass is 35.5. The van der Waals surface area contributed by atoms with Gasteiger partial charge in [-0.1, -0.05) is 41.9 Å². The van der Waals surface area contributed by atoms with E-state index in [0.29, 0.717) is 22.0 Å². The molecule has 2 aliphatic rings. The minimum absolute atomic E-state index is 0.325. The molecule has 2 amide bonds. The Hall–Kier alpha value is -2.63. The third-order valence-electron chi connectivity index (χ3n) is 4.18. The second-order valence-corrected chi connectivity index (χ2v) is 6.10. The van der Waals surface area contributed by atoms with Gasteiger partial charge in [-0.25, -0.2) is 4.90 Å². The predicted octanol–water partition coefficient (Wildman–Crippen LogP) is 2.84. The molecular formula is C18H13ClN2O3. The Morgan fingerprint density at radius 1 is 1.08 bits per heavy atom. The van der Waals surface area contributed by atoms with Crippen molar-refractivity contribution >= 4 is 34.8 Å². The van der Waals surface area contributed by atoms with Crippen molar-refractivity contribution in [3.8, 4) is 0 Å². The van der Waals surface area contributed by atoms with Crippen LogP contribution in [0.3, 0.4) is 0 Å². The molecule has 1 fully saturated rings. The summed E-state index contributed by atoms with van der Waals surface area (Å²) in [5, 5.41) is 0.593. The van der Waals surface area contributed by atoms with Crippen LogP contribution in [0.2, 0.25) is 5.02 Å². The molecule has 1 N–H and O–H groups in total. The molecule has 2 aromatic carbocycles. The van der Waals surface area contributed by atoms with E-state index in [2.05, 4.69) is 5.48 Å². The van der Waals surface area contributed by atoms with Gasteiger partial charge in [-0.2, -0.15) is 0 Å². The lowest BCUT2D eigenvalue weighted by Crippen LogP contribution is -2.34. The molecule has 6 heteroatoms. The predicted molar refractivity (Wildman–Crippen MR) is 90.1 cm³/mol. The number of rotatable bonds is 2. The summed E-state index contributed by atoms with van der Waals surface area (Å²) in [5.41, 5.74) is 5.71. The standard InChI is InChI=1S/C18H13ClN2O3/c1-10-4-2-3-5-13(10)21-17(22)14-15(20-24-16(14)18(21)23)11-6-8-12(19)9-7-11/h2-9,16,20H,1H3/t16-/m0/s1. The van der Waals surface area contributed by atoms with Gasteiger partial charge in [0.15, 0.2) is 6.10 Å². The first-order valence-electron chi connectivity index (χ1n) is 7.43. The first kappa shape index (κ1) is 14.9. The summed E-state index contributed by atoms with van der Waals surface area (Å²) in [5.74, 6) is -0.755. The van der Waals surface area contributed by atoms with Crippen LogP contribution in [0.25, 0.3) is 5.70 Å². The zero-order valence-corrected chi connectivity index (χ0v) is 13.5. The second-order valence-electron chi connectivity index (χ2n) is 5.66. The van der Waals surface area contributed by atoms with Gasteiger partial charge in [0, 0.05) is 10.6 Å². The van der Waals surface area contributed by atoms with Crippen LogP contribution in [-0.4, -0.2) is 17.9 Å². The summed E-state index contributed by atoms with van der Waals surface area (Å²) in [6, 6.07) is 14.3. The van der Waals surface area contributed by atoms with Crippen molar-refractivity contribution in [1.82, 2.24) is 5.48 Å². The van der Waals surface area contributed by atoms with Gasteiger partial charge in [0.2, 0.25) is 0 Å². The van der Waals surface area contributed by atoms with Crippen LogP contribution >= 0.6 is 11.6 Å². The Bertz CT molecular complexity index is 889. The number of carbonyl (C=O) groups excluding carboxylic acids is 2. The minimum Gasteiger partial charge on any atom is -0.270 e. The van der Waals surface area contributed by atoms with E-state index in [1.165, 1.54) is 4.90 Å². The minimum atomic E-state index is -0.928. The Labute approximate surface area is 143 Å². The highest BCUT2D eigenvalue weighted by molar-refractivity contribution is 6.33. The second kappa shape index (κ2) is 5.47. The molecule has 0 saturated carbocycles. The van der Waals surface area contributed by atoms with Crippen molar-refractivity contribution in [2.75, 3.05) is 4.90 Å². The van der Waals surface area contributed by atoms with E-state index < -0.39 is 6.10 Å². The number of para-hydroxylation sites is 1. The van der Waals surface area contributed by atoms with Crippen LogP contribution in [0, 0.1) is 6.92 Å². The average Bonchev–Trinajstić information content (AvgIpc) is 3.11. The quantitative estimate of drug-likeness (QED) is 0.854. The largest absolute Gasteiger partial charge is 0.270 e. The van der Waals surface area contributed by atoms with Crippen LogP contribution < -0.4 is 10.4 Å². The van der Waals surface area contributed by atoms with Gasteiger partial charge in [-0.3, -0.25) is 19.9 Å². The number of carbonyl (C=O) groups is 2. The first-order chi connectivity index (χ1) is 11.6. The molecule has 0 unspecified atom stereocenters. The number of fused-ring (bicyclic) bond motifs is 1. The SMILES string of the molecule is Cc1ccccc1N1C(=O)C2=C(c3ccc(Cl)cc3)NO[C@@H]2C1=O. The van der Waals surface area contributed by atoms with E-state index in [4.69, 9.17) is 16.4 Å². The fourth-order valence-electron chi connectivity index (χ4n) is 2.97. The Morgan fingerprint density at radius 3 is 2.50 bits per heavy atom. The summed E-state index contributed by atoms with van der Waals surface area (Å²) >= 11 is 5.91. The number of halogens is 1. The lowest BCUT2D eigenvalue weighted by molar-refractivity contribution is -0.127. The highest BCUT2D eigenvalue weighted by Crippen LogP contribution is 2.36. The van der Waals surface area contributed by atoms with Gasteiger partial charge in [0.05, 0.1) is 17.0 Å². The van der Waals surface area contributed by atoms with Gasteiger partial charge < -0.3 is 0 Å². The normalized spacial score (nSPS) is 19.8. The molecule has 0 spiro atoms. The van der Waals surface area contributed by atoms with Crippen molar-refractivity contribution in [3.05, 3.63) is 70.3 Å². The summed E-state index contributed by atoms with van der Waals surface area (Å²) in [6.45, 7) is 1.86. The number of hydrogen-bond acceptors (Lipinski definition) is 4. The Morgan fingerprint density at radius 2 is 1.79 bits per heavy atom. The molecule has 2 aliphatic heterocycles. The maximum Gasteiger partial charge on any atom is 0.270 e. The van der Waals surface area contributed by atoms with Gasteiger partial charge in [0.1, 0.15) is 0 Å². The van der Waals surface area contributed by atoms with E-state index >= 15 is 0 Å². The van der Waals surface area contributed by atoms with Crippen LogP contribution in [0.5, 0.6) is 0 Å². The highest BCUT2D eigenvalue weighted by Gasteiger charge is 2.50. The first-order valence-corrected chi connectivity index (χ1v) is 7.81. The Kier molecular flexibility index (Phi) is 3.40. The van der Waals surface area contributed by atoms with Crippen LogP contribution in [0.15, 0.2) is 54.1 Å². The number of aryl methyl sites for hydroxylation is 1. The van der Waals surface area contributed by atoms with Crippen molar-refractivity contribution in [3.63, 3.8) is 0 Å². The summed E-state index contributed by atoms with van der Waals surface area (Å²) in [7, 11) is 0. The molecule has 2 heterocycles. The fraction of sp³-hybridized carbons (Fsp3) is 0.111. The molecule has 24 heavy (non-hydrogen) atoms. The molecule has 120 valence electrons. The van der Waals surface area contributed by atoms with Crippen molar-refractivity contribution in [2.45, 2.75) is 13.0 Å². The number of amides is 2. The number of hydroxylamine groups is 1. The fourth-order valence-corrected chi connectivity index (χ4v) is 3.09. The molecule has 1 saturated heterocycles. The lowest BCUT2D eigenvalue weighted by atomic mass is 10.1. The molecular weight excluding hydrogens is 328 g/mol. The van der Waals surface area contributed by atoms with Crippen molar-refractivity contribution < 1.29 is 14.4 Å². The molecule has 5 nitrogen and oxygen atoms in total. The number of nitrogens with one attached hydrogen (secondary N) is 1. The van der Waals surface area contributed by atoms with E-state index in [1.807, 2.05) is 19.1 Å². The van der Waals surface area contributed by atoms with Crippen molar-refractivity contribution in [1.29, 1.82) is 0 Å². The number of anilines is 1. The molecule has 1 atom stereocenters. The maximum absolute atomic E-state index is 12.9. The van der Waals surface area contributed by atoms with Gasteiger partial charge in [-0.15, -0.1) is 0 Å². The number of nitrogens with zero attached hydrogens (tertiary/aromatic N) is 1. The third kappa shape index (κ3) is 2.13. The topological polar surface area (TPSA) is 58.6 Å². The van der Waals surface area contributed by atoms with E-state index in [1.54, 1.807) is 36.4 Å². The smallest absolute Gasteiger partial charge is 0.270 e. The Balaban J connectivity index is 1.81. The summed E-state index contributed by atoms with van der Waals surface area (Å²) in [4.78, 5) is 32.1. The van der Waals surface area contributed by atoms with E-state index in [0.717, 1.165) is 11.1 Å². The molecule has 0 radical (unpaired) electrons. The molecule has 0 aliphatic carbocycles. The molecule has 0 bridgehead atoms. The van der Waals surface area contributed by atoms with Gasteiger partial charge in [0.25, 0.3) is 11.8 Å². The van der Waals surface area contributed by atoms with Gasteiger partial charge in [-0.05, 0) is 30.7 Å². The average molecular weight is 341 g/mol. The number of hydrogen-bond donors (Lipinski definition) is 1.